The number of aldehydes is 1. The summed E-state index contributed by atoms with van der Waals surface area (Å²) in [6.07, 6.45) is 0.163. The van der Waals surface area contributed by atoms with Crippen molar-refractivity contribution < 1.29 is 39.0 Å². The van der Waals surface area contributed by atoms with Gasteiger partial charge in [-0.1, -0.05) is 11.6 Å². The SMILES string of the molecule is O=CC(CC(=O)O)NC(=O)C1CCCN2C(=O)CCC(NC(=O)c3ccc(O)c(Cl)c3)C(=O)N12. The van der Waals surface area contributed by atoms with Crippen molar-refractivity contribution in [3.8, 4) is 5.75 Å². The third-order valence-electron chi connectivity index (χ3n) is 5.57. The standard InChI is InChI=1S/C21H23ClN4O8/c22-13-8-11(3-5-16(13)28)19(32)24-14-4-6-17(29)25-7-1-2-15(26(25)21(14)34)20(33)23-12(10-27)9-18(30)31/h3,5,8,10,12,14-15,28H,1-2,4,6-7,9H2,(H,23,33)(H,24,32)(H,30,31). The lowest BCUT2D eigenvalue weighted by Crippen LogP contribution is -2.64. The minimum atomic E-state index is -1.30. The van der Waals surface area contributed by atoms with Crippen LogP contribution in [-0.4, -0.2) is 80.8 Å². The Morgan fingerprint density at radius 1 is 1.24 bits per heavy atom. The fourth-order valence-electron chi connectivity index (χ4n) is 3.90. The summed E-state index contributed by atoms with van der Waals surface area (Å²) in [6.45, 7) is 0.189. The van der Waals surface area contributed by atoms with Gasteiger partial charge in [-0.25, -0.2) is 5.01 Å². The van der Waals surface area contributed by atoms with Gasteiger partial charge >= 0.3 is 5.97 Å². The summed E-state index contributed by atoms with van der Waals surface area (Å²) in [5.41, 5.74) is 0.0819. The van der Waals surface area contributed by atoms with E-state index < -0.39 is 54.1 Å². The van der Waals surface area contributed by atoms with Crippen molar-refractivity contribution >= 4 is 47.5 Å². The van der Waals surface area contributed by atoms with Crippen LogP contribution >= 0.6 is 11.6 Å². The molecule has 182 valence electrons. The number of carbonyl (C=O) groups excluding carboxylic acids is 5. The zero-order valence-electron chi connectivity index (χ0n) is 17.9. The van der Waals surface area contributed by atoms with Crippen LogP contribution in [-0.2, 0) is 24.0 Å². The molecule has 0 bridgehead atoms. The molecule has 2 heterocycles. The number of rotatable bonds is 7. The Kier molecular flexibility index (Phi) is 7.72. The summed E-state index contributed by atoms with van der Waals surface area (Å²) in [4.78, 5) is 73.7. The van der Waals surface area contributed by atoms with Gasteiger partial charge in [0.25, 0.3) is 11.8 Å². The first kappa shape index (κ1) is 25.0. The lowest BCUT2D eigenvalue weighted by molar-refractivity contribution is -0.176. The van der Waals surface area contributed by atoms with E-state index in [4.69, 9.17) is 16.7 Å². The summed E-state index contributed by atoms with van der Waals surface area (Å²) in [5.74, 6) is -4.05. The number of fused-ring (bicyclic) bond motifs is 1. The summed E-state index contributed by atoms with van der Waals surface area (Å²) < 4.78 is 0. The number of hydrogen-bond acceptors (Lipinski definition) is 7. The number of amides is 4. The molecule has 3 unspecified atom stereocenters. The summed E-state index contributed by atoms with van der Waals surface area (Å²) in [5, 5.41) is 25.4. The number of hydrazine groups is 1. The van der Waals surface area contributed by atoms with Gasteiger partial charge in [0.15, 0.2) is 0 Å². The molecule has 1 aromatic carbocycles. The smallest absolute Gasteiger partial charge is 0.305 e. The van der Waals surface area contributed by atoms with Crippen molar-refractivity contribution in [2.24, 2.45) is 0 Å². The molecule has 2 aliphatic rings. The number of nitrogens with zero attached hydrogens (tertiary/aromatic N) is 2. The average Bonchev–Trinajstić information content (AvgIpc) is 2.92. The number of halogens is 1. The molecule has 34 heavy (non-hydrogen) atoms. The summed E-state index contributed by atoms with van der Waals surface area (Å²) >= 11 is 5.84. The maximum atomic E-state index is 13.4. The highest BCUT2D eigenvalue weighted by Gasteiger charge is 2.45. The van der Waals surface area contributed by atoms with Gasteiger partial charge in [0.05, 0.1) is 17.5 Å². The highest BCUT2D eigenvalue weighted by atomic mass is 35.5. The molecule has 0 saturated carbocycles. The number of carboxylic acids is 1. The predicted octanol–water partition coefficient (Wildman–Crippen LogP) is -0.169. The molecule has 2 aliphatic heterocycles. The van der Waals surface area contributed by atoms with E-state index >= 15 is 0 Å². The van der Waals surface area contributed by atoms with Gasteiger partial charge < -0.3 is 25.6 Å². The van der Waals surface area contributed by atoms with Gasteiger partial charge in [-0.3, -0.25) is 29.0 Å². The Balaban J connectivity index is 1.82. The second-order valence-corrected chi connectivity index (χ2v) is 8.34. The van der Waals surface area contributed by atoms with Crippen LogP contribution in [0.4, 0.5) is 0 Å². The third kappa shape index (κ3) is 5.45. The number of benzene rings is 1. The monoisotopic (exact) mass is 494 g/mol. The lowest BCUT2D eigenvalue weighted by Gasteiger charge is -2.43. The molecule has 1 aromatic rings. The predicted molar refractivity (Wildman–Crippen MR) is 115 cm³/mol. The van der Waals surface area contributed by atoms with E-state index in [-0.39, 0.29) is 48.4 Å². The fraction of sp³-hybridized carbons (Fsp3) is 0.429. The van der Waals surface area contributed by atoms with Gasteiger partial charge in [0, 0.05) is 18.5 Å². The van der Waals surface area contributed by atoms with Crippen molar-refractivity contribution in [3.63, 3.8) is 0 Å². The van der Waals surface area contributed by atoms with Crippen LogP contribution in [0.5, 0.6) is 5.75 Å². The molecule has 2 fully saturated rings. The van der Waals surface area contributed by atoms with E-state index in [2.05, 4.69) is 10.6 Å². The van der Waals surface area contributed by atoms with E-state index in [0.29, 0.717) is 6.42 Å². The quantitative estimate of drug-likeness (QED) is 0.378. The fourth-order valence-corrected chi connectivity index (χ4v) is 4.08. The molecule has 13 heteroatoms. The van der Waals surface area contributed by atoms with Crippen LogP contribution in [0.1, 0.15) is 42.5 Å². The highest BCUT2D eigenvalue weighted by molar-refractivity contribution is 6.32. The molecular formula is C21H23ClN4O8. The largest absolute Gasteiger partial charge is 0.506 e. The number of aromatic hydroxyl groups is 1. The van der Waals surface area contributed by atoms with Crippen molar-refractivity contribution in [3.05, 3.63) is 28.8 Å². The second-order valence-electron chi connectivity index (χ2n) is 7.94. The van der Waals surface area contributed by atoms with E-state index in [1.807, 2.05) is 0 Å². The second kappa shape index (κ2) is 10.5. The molecule has 4 amide bonds. The van der Waals surface area contributed by atoms with E-state index in [1.165, 1.54) is 18.2 Å². The van der Waals surface area contributed by atoms with Crippen LogP contribution in [0.25, 0.3) is 0 Å². The first-order valence-electron chi connectivity index (χ1n) is 10.5. The van der Waals surface area contributed by atoms with Gasteiger partial charge in [-0.15, -0.1) is 0 Å². The number of hydrogen-bond donors (Lipinski definition) is 4. The highest BCUT2D eigenvalue weighted by Crippen LogP contribution is 2.26. The Labute approximate surface area is 198 Å². The Morgan fingerprint density at radius 3 is 2.62 bits per heavy atom. The van der Waals surface area contributed by atoms with Gasteiger partial charge in [0.2, 0.25) is 11.8 Å². The van der Waals surface area contributed by atoms with Crippen molar-refractivity contribution in [1.82, 2.24) is 20.7 Å². The Morgan fingerprint density at radius 2 is 1.97 bits per heavy atom. The maximum Gasteiger partial charge on any atom is 0.305 e. The van der Waals surface area contributed by atoms with Crippen LogP contribution in [0.2, 0.25) is 5.02 Å². The van der Waals surface area contributed by atoms with Gasteiger partial charge in [0.1, 0.15) is 24.1 Å². The van der Waals surface area contributed by atoms with E-state index in [9.17, 15) is 33.9 Å². The number of phenols is 1. The molecule has 3 rings (SSSR count). The third-order valence-corrected chi connectivity index (χ3v) is 5.87. The molecule has 0 spiro atoms. The lowest BCUT2D eigenvalue weighted by atomic mass is 10.0. The summed E-state index contributed by atoms with van der Waals surface area (Å²) in [6, 6.07) is 0.166. The molecule has 3 atom stereocenters. The van der Waals surface area contributed by atoms with Crippen LogP contribution in [0.15, 0.2) is 18.2 Å². The number of carbonyl (C=O) groups is 6. The molecule has 2 saturated heterocycles. The number of carboxylic acid groups (broad SMARTS) is 1. The molecule has 0 radical (unpaired) electrons. The number of nitrogens with one attached hydrogen (secondary N) is 2. The van der Waals surface area contributed by atoms with Crippen molar-refractivity contribution in [2.45, 2.75) is 50.2 Å². The Bertz CT molecular complexity index is 1030. The normalized spacial score (nSPS) is 21.2. The number of phenolic OH excluding ortho intramolecular Hbond substituents is 1. The minimum absolute atomic E-state index is 0.00740. The molecule has 12 nitrogen and oxygen atoms in total. The van der Waals surface area contributed by atoms with Crippen LogP contribution in [0, 0.1) is 0 Å². The first-order valence-corrected chi connectivity index (χ1v) is 10.9. The molecule has 4 N–H and O–H groups in total. The Hall–Kier alpha value is -3.67. The first-order chi connectivity index (χ1) is 16.1. The number of aliphatic carboxylic acids is 1. The topological polar surface area (TPSA) is 173 Å². The average molecular weight is 495 g/mol. The zero-order valence-corrected chi connectivity index (χ0v) is 18.7. The van der Waals surface area contributed by atoms with Crippen molar-refractivity contribution in [2.75, 3.05) is 6.54 Å². The minimum Gasteiger partial charge on any atom is -0.506 e. The van der Waals surface area contributed by atoms with E-state index in [0.717, 1.165) is 10.0 Å². The molecule has 0 aliphatic carbocycles. The molecule has 0 aromatic heterocycles. The zero-order chi connectivity index (χ0) is 25.0. The van der Waals surface area contributed by atoms with Crippen LogP contribution < -0.4 is 10.6 Å². The maximum absolute atomic E-state index is 13.4. The van der Waals surface area contributed by atoms with Gasteiger partial charge in [-0.05, 0) is 37.5 Å². The van der Waals surface area contributed by atoms with Crippen molar-refractivity contribution in [1.29, 1.82) is 0 Å². The summed E-state index contributed by atoms with van der Waals surface area (Å²) in [7, 11) is 0. The molecular weight excluding hydrogens is 472 g/mol. The van der Waals surface area contributed by atoms with E-state index in [1.54, 1.807) is 0 Å². The van der Waals surface area contributed by atoms with Gasteiger partial charge in [-0.2, -0.15) is 0 Å². The van der Waals surface area contributed by atoms with Crippen LogP contribution in [0.3, 0.4) is 0 Å².